The molecule has 8 nitrogen and oxygen atoms in total. The summed E-state index contributed by atoms with van der Waals surface area (Å²) in [7, 11) is 0. The van der Waals surface area contributed by atoms with E-state index >= 15 is 0 Å². The van der Waals surface area contributed by atoms with Crippen LogP contribution < -0.4 is 5.32 Å². The Balaban J connectivity index is 1.52. The zero-order valence-electron chi connectivity index (χ0n) is 21.0. The molecule has 1 aliphatic carbocycles. The van der Waals surface area contributed by atoms with Crippen molar-refractivity contribution < 1.29 is 23.5 Å². The fourth-order valence-corrected chi connectivity index (χ4v) is 5.95. The molecular weight excluding hydrogens is 519 g/mol. The predicted octanol–water partition coefficient (Wildman–Crippen LogP) is 4.96. The van der Waals surface area contributed by atoms with E-state index in [1.165, 1.54) is 23.5 Å². The van der Waals surface area contributed by atoms with Crippen LogP contribution in [0.5, 0.6) is 0 Å². The molecule has 5 rings (SSSR count). The molecule has 1 unspecified atom stereocenters. The van der Waals surface area contributed by atoms with Gasteiger partial charge in [-0.25, -0.2) is 19.0 Å². The molecule has 3 heterocycles. The van der Waals surface area contributed by atoms with Crippen LogP contribution in [0.2, 0.25) is 5.02 Å². The molecule has 1 aromatic carbocycles. The van der Waals surface area contributed by atoms with E-state index in [4.69, 9.17) is 26.1 Å². The first-order valence-corrected chi connectivity index (χ1v) is 13.4. The van der Waals surface area contributed by atoms with Gasteiger partial charge in [-0.15, -0.1) is 11.3 Å². The van der Waals surface area contributed by atoms with E-state index in [1.807, 2.05) is 26.2 Å². The van der Waals surface area contributed by atoms with Crippen molar-refractivity contribution in [3.05, 3.63) is 62.5 Å². The van der Waals surface area contributed by atoms with Gasteiger partial charge in [0.05, 0.1) is 12.2 Å². The minimum absolute atomic E-state index is 0.00900. The molecule has 37 heavy (non-hydrogen) atoms. The van der Waals surface area contributed by atoms with Crippen LogP contribution in [0.4, 0.5) is 9.18 Å². The highest BCUT2D eigenvalue weighted by molar-refractivity contribution is 7.11. The zero-order chi connectivity index (χ0) is 26.5. The quantitative estimate of drug-likeness (QED) is 0.533. The van der Waals surface area contributed by atoms with Crippen molar-refractivity contribution in [2.24, 2.45) is 22.7 Å². The molecule has 4 atom stereocenters. The number of amidine groups is 1. The van der Waals surface area contributed by atoms with Crippen LogP contribution in [0.3, 0.4) is 0 Å². The number of carbonyl (C=O) groups excluding carboxylic acids is 2. The zero-order valence-corrected chi connectivity index (χ0v) is 22.5. The van der Waals surface area contributed by atoms with Crippen LogP contribution in [0.25, 0.3) is 0 Å². The number of likely N-dealkylation sites (tertiary alicyclic amines) is 1. The number of carbonyl (C=O) groups is 2. The van der Waals surface area contributed by atoms with Gasteiger partial charge in [-0.1, -0.05) is 17.7 Å². The summed E-state index contributed by atoms with van der Waals surface area (Å²) < 4.78 is 24.9. The SMILES string of the molecule is CCOC(=O)C1=C([C@H]2[C@@H]3CN(C(=O)OC(C)(C)C)C[C@@H]32)NC(c2nccs2)=NC1c1ccc(F)cc1Cl. The van der Waals surface area contributed by atoms with Gasteiger partial charge in [-0.2, -0.15) is 0 Å². The first-order chi connectivity index (χ1) is 17.6. The lowest BCUT2D eigenvalue weighted by atomic mass is 9.93. The monoisotopic (exact) mass is 546 g/mol. The van der Waals surface area contributed by atoms with Gasteiger partial charge in [0, 0.05) is 46.9 Å². The van der Waals surface area contributed by atoms with Gasteiger partial charge < -0.3 is 19.7 Å². The molecule has 0 bridgehead atoms. The van der Waals surface area contributed by atoms with Crippen molar-refractivity contribution in [1.82, 2.24) is 15.2 Å². The fourth-order valence-electron chi connectivity index (χ4n) is 5.09. The van der Waals surface area contributed by atoms with E-state index in [0.717, 1.165) is 0 Å². The van der Waals surface area contributed by atoms with Gasteiger partial charge in [-0.3, -0.25) is 4.99 Å². The first-order valence-electron chi connectivity index (χ1n) is 12.2. The Morgan fingerprint density at radius 2 is 2.00 bits per heavy atom. The third kappa shape index (κ3) is 5.09. The number of nitrogens with one attached hydrogen (secondary N) is 1. The van der Waals surface area contributed by atoms with Crippen molar-refractivity contribution in [3.8, 4) is 0 Å². The summed E-state index contributed by atoms with van der Waals surface area (Å²) in [6.45, 7) is 8.50. The Morgan fingerprint density at radius 1 is 1.27 bits per heavy atom. The molecule has 1 saturated carbocycles. The molecule has 2 fully saturated rings. The Hall–Kier alpha value is -2.98. The van der Waals surface area contributed by atoms with Crippen molar-refractivity contribution in [1.29, 1.82) is 0 Å². The standard InChI is InChI=1S/C26H28ClFN4O4S/c1-5-35-24(33)19-20(14-7-6-13(28)10-17(14)27)30-22(23-29-8-9-37-23)31-21(19)18-15-11-32(12-16(15)18)25(34)36-26(2,3)4/h6-10,15-16,18,20H,5,11-12H2,1-4H3,(H,30,31)/t15-,16+,18+,20?. The molecule has 1 amide bonds. The molecule has 1 aromatic heterocycles. The lowest BCUT2D eigenvalue weighted by Crippen LogP contribution is -2.39. The number of thiazole rings is 1. The topological polar surface area (TPSA) is 93.1 Å². The lowest BCUT2D eigenvalue weighted by Gasteiger charge is -2.30. The van der Waals surface area contributed by atoms with Crippen molar-refractivity contribution in [2.45, 2.75) is 39.3 Å². The van der Waals surface area contributed by atoms with Gasteiger partial charge in [0.2, 0.25) is 0 Å². The number of allylic oxidation sites excluding steroid dienone is 1. The number of hydrogen-bond acceptors (Lipinski definition) is 8. The number of nitrogens with zero attached hydrogens (tertiary/aromatic N) is 3. The van der Waals surface area contributed by atoms with Crippen LogP contribution in [0.15, 0.2) is 46.0 Å². The molecule has 3 aliphatic rings. The van der Waals surface area contributed by atoms with Gasteiger partial charge in [-0.05, 0) is 51.7 Å². The van der Waals surface area contributed by atoms with Crippen molar-refractivity contribution in [2.75, 3.05) is 19.7 Å². The second kappa shape index (κ2) is 9.72. The average molecular weight is 547 g/mol. The molecule has 196 valence electrons. The summed E-state index contributed by atoms with van der Waals surface area (Å²) in [4.78, 5) is 36.9. The number of ether oxygens (including phenoxy) is 2. The number of fused-ring (bicyclic) bond motifs is 1. The van der Waals surface area contributed by atoms with E-state index in [0.29, 0.717) is 40.8 Å². The number of rotatable bonds is 5. The van der Waals surface area contributed by atoms with Crippen LogP contribution in [0, 0.1) is 23.6 Å². The first kappa shape index (κ1) is 25.7. The molecule has 2 aromatic rings. The number of esters is 1. The number of hydrogen-bond donors (Lipinski definition) is 1. The van der Waals surface area contributed by atoms with E-state index in [9.17, 15) is 14.0 Å². The molecule has 0 spiro atoms. The molecular formula is C26H28ClFN4O4S. The summed E-state index contributed by atoms with van der Waals surface area (Å²) in [5.74, 6) is -0.180. The Bertz CT molecular complexity index is 1280. The van der Waals surface area contributed by atoms with E-state index < -0.39 is 23.4 Å². The summed E-state index contributed by atoms with van der Waals surface area (Å²) >= 11 is 7.87. The number of benzene rings is 1. The summed E-state index contributed by atoms with van der Waals surface area (Å²) in [5, 5.41) is 6.04. The molecule has 1 saturated heterocycles. The van der Waals surface area contributed by atoms with Crippen LogP contribution in [0.1, 0.15) is 44.3 Å². The third-order valence-corrected chi connectivity index (χ3v) is 7.75. The predicted molar refractivity (Wildman–Crippen MR) is 138 cm³/mol. The van der Waals surface area contributed by atoms with E-state index in [2.05, 4.69) is 10.3 Å². The van der Waals surface area contributed by atoms with Crippen LogP contribution in [-0.2, 0) is 14.3 Å². The number of halogens is 2. The normalized spacial score (nSPS) is 24.8. The fraction of sp³-hybridized carbons (Fsp3) is 0.462. The minimum atomic E-state index is -0.800. The maximum Gasteiger partial charge on any atom is 0.410 e. The minimum Gasteiger partial charge on any atom is -0.463 e. The third-order valence-electron chi connectivity index (χ3n) is 6.64. The second-order valence-corrected chi connectivity index (χ2v) is 11.6. The second-order valence-electron chi connectivity index (χ2n) is 10.3. The highest BCUT2D eigenvalue weighted by Crippen LogP contribution is 2.57. The smallest absolute Gasteiger partial charge is 0.410 e. The number of aromatic nitrogens is 1. The van der Waals surface area contributed by atoms with E-state index in [-0.39, 0.29) is 35.5 Å². The highest BCUT2D eigenvalue weighted by atomic mass is 35.5. The summed E-state index contributed by atoms with van der Waals surface area (Å²) in [6.07, 6.45) is 1.34. The van der Waals surface area contributed by atoms with Gasteiger partial charge >= 0.3 is 12.1 Å². The lowest BCUT2D eigenvalue weighted by molar-refractivity contribution is -0.139. The van der Waals surface area contributed by atoms with Crippen LogP contribution in [-0.4, -0.2) is 53.1 Å². The number of piperidine rings is 1. The Morgan fingerprint density at radius 3 is 2.59 bits per heavy atom. The average Bonchev–Trinajstić information content (AvgIpc) is 3.20. The van der Waals surface area contributed by atoms with Crippen molar-refractivity contribution in [3.63, 3.8) is 0 Å². The van der Waals surface area contributed by atoms with Gasteiger partial charge in [0.1, 0.15) is 17.5 Å². The summed E-state index contributed by atoms with van der Waals surface area (Å²) in [5.41, 5.74) is 0.969. The van der Waals surface area contributed by atoms with Gasteiger partial charge in [0.15, 0.2) is 10.8 Å². The number of amides is 1. The molecule has 11 heteroatoms. The summed E-state index contributed by atoms with van der Waals surface area (Å²) in [6, 6.07) is 3.26. The Kier molecular flexibility index (Phi) is 6.74. The van der Waals surface area contributed by atoms with Crippen molar-refractivity contribution >= 4 is 40.8 Å². The molecule has 1 N–H and O–H groups in total. The number of aliphatic imine (C=N–C) groups is 1. The molecule has 2 aliphatic heterocycles. The maximum absolute atomic E-state index is 13.9. The maximum atomic E-state index is 13.9. The van der Waals surface area contributed by atoms with E-state index in [1.54, 1.807) is 24.1 Å². The van der Waals surface area contributed by atoms with Crippen LogP contribution >= 0.6 is 22.9 Å². The largest absolute Gasteiger partial charge is 0.463 e. The van der Waals surface area contributed by atoms with Gasteiger partial charge in [0.25, 0.3) is 0 Å². The highest BCUT2D eigenvalue weighted by Gasteiger charge is 2.60. The molecule has 0 radical (unpaired) electrons. The Labute approximate surface area is 223 Å².